The quantitative estimate of drug-likeness (QED) is 0.832. The van der Waals surface area contributed by atoms with Crippen molar-refractivity contribution in [2.45, 2.75) is 25.3 Å². The van der Waals surface area contributed by atoms with E-state index in [0.29, 0.717) is 23.5 Å². The van der Waals surface area contributed by atoms with Crippen molar-refractivity contribution in [1.29, 1.82) is 0 Å². The van der Waals surface area contributed by atoms with E-state index < -0.39 is 0 Å². The van der Waals surface area contributed by atoms with Crippen LogP contribution in [0.15, 0.2) is 9.80 Å². The van der Waals surface area contributed by atoms with Crippen LogP contribution < -0.4 is 5.32 Å². The molecule has 0 saturated heterocycles. The van der Waals surface area contributed by atoms with Crippen LogP contribution in [0.25, 0.3) is 11.6 Å². The van der Waals surface area contributed by atoms with Crippen molar-refractivity contribution in [3.05, 3.63) is 11.3 Å². The molecule has 2 heterocycles. The smallest absolute Gasteiger partial charge is 0.269 e. The van der Waals surface area contributed by atoms with Crippen molar-refractivity contribution in [1.82, 2.24) is 25.1 Å². The third-order valence-electron chi connectivity index (χ3n) is 2.40. The minimum Gasteiger partial charge on any atom is -0.419 e. The molecule has 0 unspecified atom stereocenters. The maximum absolute atomic E-state index is 5.47. The molecule has 7 heteroatoms. The summed E-state index contributed by atoms with van der Waals surface area (Å²) in [5.74, 6) is 1.10. The highest BCUT2D eigenvalue weighted by Crippen LogP contribution is 2.19. The lowest BCUT2D eigenvalue weighted by Crippen LogP contribution is -2.19. The second kappa shape index (κ2) is 4.26. The van der Waals surface area contributed by atoms with Crippen LogP contribution in [0.1, 0.15) is 18.7 Å². The van der Waals surface area contributed by atoms with Gasteiger partial charge in [0, 0.05) is 24.4 Å². The van der Waals surface area contributed by atoms with Crippen molar-refractivity contribution in [2.75, 3.05) is 6.54 Å². The highest BCUT2D eigenvalue weighted by molar-refractivity contribution is 7.03. The molecule has 16 heavy (non-hydrogen) atoms. The first kappa shape index (κ1) is 9.86. The predicted octanol–water partition coefficient (Wildman–Crippen LogP) is 0.883. The van der Waals surface area contributed by atoms with Gasteiger partial charge in [0.05, 0.1) is 0 Å². The van der Waals surface area contributed by atoms with E-state index in [-0.39, 0.29) is 0 Å². The van der Waals surface area contributed by atoms with E-state index in [2.05, 4.69) is 25.1 Å². The zero-order chi connectivity index (χ0) is 10.8. The Morgan fingerprint density at radius 2 is 2.31 bits per heavy atom. The van der Waals surface area contributed by atoms with Crippen LogP contribution in [-0.2, 0) is 6.42 Å². The van der Waals surface area contributed by atoms with Crippen LogP contribution >= 0.6 is 11.5 Å². The number of hydrogen-bond acceptors (Lipinski definition) is 7. The first-order chi connectivity index (χ1) is 7.92. The summed E-state index contributed by atoms with van der Waals surface area (Å²) in [4.78, 5) is 0. The first-order valence-corrected chi connectivity index (χ1v) is 6.08. The average Bonchev–Trinajstić information content (AvgIpc) is 2.83. The van der Waals surface area contributed by atoms with Crippen molar-refractivity contribution in [2.24, 2.45) is 0 Å². The lowest BCUT2D eigenvalue weighted by atomic mass is 10.4. The van der Waals surface area contributed by atoms with Gasteiger partial charge in [-0.3, -0.25) is 0 Å². The molecule has 0 bridgehead atoms. The summed E-state index contributed by atoms with van der Waals surface area (Å²) in [5.41, 5.74) is 0.652. The van der Waals surface area contributed by atoms with Crippen molar-refractivity contribution in [3.8, 4) is 11.6 Å². The van der Waals surface area contributed by atoms with Gasteiger partial charge in [-0.1, -0.05) is 4.49 Å². The van der Waals surface area contributed by atoms with Crippen molar-refractivity contribution in [3.63, 3.8) is 0 Å². The summed E-state index contributed by atoms with van der Waals surface area (Å²) in [5, 5.41) is 17.0. The average molecular weight is 237 g/mol. The summed E-state index contributed by atoms with van der Waals surface area (Å²) in [6, 6.07) is 0.713. The Morgan fingerprint density at radius 1 is 1.38 bits per heavy atom. The van der Waals surface area contributed by atoms with Crippen LogP contribution in [0.4, 0.5) is 0 Å². The molecule has 1 saturated carbocycles. The molecule has 6 nitrogen and oxygen atoms in total. The van der Waals surface area contributed by atoms with Crippen LogP contribution in [0.5, 0.6) is 0 Å². The third-order valence-corrected chi connectivity index (χ3v) is 2.90. The number of nitrogens with one attached hydrogen (secondary N) is 1. The number of nitrogens with zero attached hydrogens (tertiary/aromatic N) is 4. The topological polar surface area (TPSA) is 76.7 Å². The van der Waals surface area contributed by atoms with E-state index in [9.17, 15) is 0 Å². The molecule has 2 aromatic rings. The summed E-state index contributed by atoms with van der Waals surface area (Å²) in [6.45, 7) is 0.890. The van der Waals surface area contributed by atoms with Gasteiger partial charge in [-0.2, -0.15) is 0 Å². The number of aromatic nitrogens is 4. The van der Waals surface area contributed by atoms with Gasteiger partial charge in [0.1, 0.15) is 0 Å². The van der Waals surface area contributed by atoms with E-state index in [1.54, 1.807) is 5.38 Å². The van der Waals surface area contributed by atoms with E-state index in [1.807, 2.05) is 0 Å². The van der Waals surface area contributed by atoms with Gasteiger partial charge >= 0.3 is 0 Å². The van der Waals surface area contributed by atoms with E-state index in [4.69, 9.17) is 4.42 Å². The molecule has 2 aromatic heterocycles. The van der Waals surface area contributed by atoms with Gasteiger partial charge in [-0.15, -0.1) is 15.3 Å². The van der Waals surface area contributed by atoms with Crippen molar-refractivity contribution >= 4 is 11.5 Å². The Hall–Kier alpha value is -1.34. The monoisotopic (exact) mass is 237 g/mol. The Balaban J connectivity index is 1.59. The SMILES string of the molecule is c1snnc1-c1nnc(CCNC2CC2)o1. The van der Waals surface area contributed by atoms with E-state index in [1.165, 1.54) is 24.4 Å². The highest BCUT2D eigenvalue weighted by atomic mass is 32.1. The molecule has 3 rings (SSSR count). The predicted molar refractivity (Wildman–Crippen MR) is 57.9 cm³/mol. The summed E-state index contributed by atoms with van der Waals surface area (Å²) >= 11 is 1.27. The van der Waals surface area contributed by atoms with E-state index >= 15 is 0 Å². The van der Waals surface area contributed by atoms with Gasteiger partial charge in [0.2, 0.25) is 5.89 Å². The fourth-order valence-corrected chi connectivity index (χ4v) is 1.82. The van der Waals surface area contributed by atoms with Crippen LogP contribution in [0, 0.1) is 0 Å². The Morgan fingerprint density at radius 3 is 3.06 bits per heavy atom. The van der Waals surface area contributed by atoms with Gasteiger partial charge in [-0.25, -0.2) is 0 Å². The number of rotatable bonds is 5. The summed E-state index contributed by atoms with van der Waals surface area (Å²) in [6.07, 6.45) is 3.35. The van der Waals surface area contributed by atoms with Gasteiger partial charge in [0.25, 0.3) is 5.89 Å². The molecule has 0 spiro atoms. The molecule has 1 aliphatic carbocycles. The van der Waals surface area contributed by atoms with Crippen LogP contribution in [0.3, 0.4) is 0 Å². The molecule has 0 aliphatic heterocycles. The zero-order valence-electron chi connectivity index (χ0n) is 8.59. The lowest BCUT2D eigenvalue weighted by Gasteiger charge is -1.97. The molecule has 1 aliphatic rings. The Bertz CT molecular complexity index is 450. The minimum absolute atomic E-state index is 0.454. The van der Waals surface area contributed by atoms with Crippen LogP contribution in [-0.4, -0.2) is 32.4 Å². The molecular weight excluding hydrogens is 226 g/mol. The lowest BCUT2D eigenvalue weighted by molar-refractivity contribution is 0.492. The molecule has 0 aromatic carbocycles. The van der Waals surface area contributed by atoms with Gasteiger partial charge in [-0.05, 0) is 24.4 Å². The molecule has 1 fully saturated rings. The maximum Gasteiger partial charge on any atom is 0.269 e. The van der Waals surface area contributed by atoms with Crippen LogP contribution in [0.2, 0.25) is 0 Å². The fourth-order valence-electron chi connectivity index (χ4n) is 1.39. The van der Waals surface area contributed by atoms with Gasteiger partial charge in [0.15, 0.2) is 5.69 Å². The molecule has 0 atom stereocenters. The first-order valence-electron chi connectivity index (χ1n) is 5.25. The zero-order valence-corrected chi connectivity index (χ0v) is 9.40. The number of hydrogen-bond donors (Lipinski definition) is 1. The molecule has 0 radical (unpaired) electrons. The third kappa shape index (κ3) is 2.25. The molecule has 1 N–H and O–H groups in total. The van der Waals surface area contributed by atoms with Crippen molar-refractivity contribution < 1.29 is 4.42 Å². The standard InChI is InChI=1S/C9H11N5OS/c1-2-6(1)10-4-3-8-12-13-9(15-8)7-5-16-14-11-7/h5-6,10H,1-4H2. The Labute approximate surface area is 96.2 Å². The maximum atomic E-state index is 5.47. The second-order valence-electron chi connectivity index (χ2n) is 3.77. The normalized spacial score (nSPS) is 15.5. The van der Waals surface area contributed by atoms with E-state index in [0.717, 1.165) is 13.0 Å². The minimum atomic E-state index is 0.454. The molecule has 84 valence electrons. The largest absolute Gasteiger partial charge is 0.419 e. The fraction of sp³-hybridized carbons (Fsp3) is 0.556. The summed E-state index contributed by atoms with van der Waals surface area (Å²) in [7, 11) is 0. The highest BCUT2D eigenvalue weighted by Gasteiger charge is 2.20. The Kier molecular flexibility index (Phi) is 2.63. The molecule has 0 amide bonds. The van der Waals surface area contributed by atoms with Gasteiger partial charge < -0.3 is 9.73 Å². The second-order valence-corrected chi connectivity index (χ2v) is 4.38. The molecular formula is C9H11N5OS. The summed E-state index contributed by atoms with van der Waals surface area (Å²) < 4.78 is 9.23.